The zero-order chi connectivity index (χ0) is 10.8. The number of rotatable bonds is 4. The zero-order valence-electron chi connectivity index (χ0n) is 9.79. The van der Waals surface area contributed by atoms with Crippen LogP contribution in [0, 0.1) is 19.8 Å². The maximum Gasteiger partial charge on any atom is 0.0295 e. The fourth-order valence-electron chi connectivity index (χ4n) is 1.98. The van der Waals surface area contributed by atoms with E-state index in [9.17, 15) is 0 Å². The van der Waals surface area contributed by atoms with Crippen LogP contribution in [0.5, 0.6) is 0 Å². The van der Waals surface area contributed by atoms with E-state index < -0.39 is 0 Å². The molecule has 0 bridgehead atoms. The molecular formula is C14H21N. The second-order valence-electron chi connectivity index (χ2n) is 4.97. The van der Waals surface area contributed by atoms with Crippen LogP contribution in [-0.4, -0.2) is 0 Å². The van der Waals surface area contributed by atoms with Crippen LogP contribution in [0.4, 0.5) is 0 Å². The Morgan fingerprint density at radius 3 is 2.60 bits per heavy atom. The van der Waals surface area contributed by atoms with Gasteiger partial charge in [-0.2, -0.15) is 0 Å². The Morgan fingerprint density at radius 1 is 1.27 bits per heavy atom. The molecule has 0 amide bonds. The van der Waals surface area contributed by atoms with Crippen molar-refractivity contribution < 1.29 is 0 Å². The fraction of sp³-hybridized carbons (Fsp3) is 0.571. The Hall–Kier alpha value is -0.820. The smallest absolute Gasteiger partial charge is 0.0295 e. The quantitative estimate of drug-likeness (QED) is 0.796. The Labute approximate surface area is 92.7 Å². The maximum atomic E-state index is 6.19. The van der Waals surface area contributed by atoms with Gasteiger partial charge in [-0.1, -0.05) is 31.0 Å². The van der Waals surface area contributed by atoms with Gasteiger partial charge in [0.2, 0.25) is 0 Å². The van der Waals surface area contributed by atoms with Gasteiger partial charge >= 0.3 is 0 Å². The summed E-state index contributed by atoms with van der Waals surface area (Å²) in [6.07, 6.45) is 5.32. The van der Waals surface area contributed by atoms with Crippen molar-refractivity contribution in [2.75, 3.05) is 0 Å². The van der Waals surface area contributed by atoms with Gasteiger partial charge in [-0.05, 0) is 49.3 Å². The topological polar surface area (TPSA) is 26.0 Å². The van der Waals surface area contributed by atoms with Crippen LogP contribution >= 0.6 is 0 Å². The minimum Gasteiger partial charge on any atom is -0.324 e. The molecule has 0 heterocycles. The Morgan fingerprint density at radius 2 is 2.00 bits per heavy atom. The molecule has 1 nitrogen and oxygen atoms in total. The van der Waals surface area contributed by atoms with Crippen LogP contribution in [0.25, 0.3) is 0 Å². The molecule has 0 spiro atoms. The maximum absolute atomic E-state index is 6.19. The van der Waals surface area contributed by atoms with E-state index in [1.165, 1.54) is 36.0 Å². The first-order valence-corrected chi connectivity index (χ1v) is 5.99. The minimum absolute atomic E-state index is 0.241. The highest BCUT2D eigenvalue weighted by atomic mass is 14.6. The number of nitrogens with two attached hydrogens (primary N) is 1. The van der Waals surface area contributed by atoms with E-state index in [0.29, 0.717) is 0 Å². The van der Waals surface area contributed by atoms with Crippen LogP contribution in [0.2, 0.25) is 0 Å². The van der Waals surface area contributed by atoms with Crippen molar-refractivity contribution in [3.8, 4) is 0 Å². The third-order valence-corrected chi connectivity index (χ3v) is 3.54. The SMILES string of the molecule is Cc1ccc(C(N)CCC2CC2)cc1C. The second kappa shape index (κ2) is 4.36. The van der Waals surface area contributed by atoms with Gasteiger partial charge in [0.05, 0.1) is 0 Å². The van der Waals surface area contributed by atoms with Gasteiger partial charge < -0.3 is 5.73 Å². The predicted molar refractivity (Wildman–Crippen MR) is 64.8 cm³/mol. The summed E-state index contributed by atoms with van der Waals surface area (Å²) in [5.41, 5.74) is 10.2. The van der Waals surface area contributed by atoms with Crippen LogP contribution < -0.4 is 5.73 Å². The van der Waals surface area contributed by atoms with Crippen LogP contribution in [0.3, 0.4) is 0 Å². The van der Waals surface area contributed by atoms with Crippen molar-refractivity contribution in [1.82, 2.24) is 0 Å². The summed E-state index contributed by atoms with van der Waals surface area (Å²) < 4.78 is 0. The molecule has 15 heavy (non-hydrogen) atoms. The molecule has 2 N–H and O–H groups in total. The van der Waals surface area contributed by atoms with Crippen molar-refractivity contribution >= 4 is 0 Å². The van der Waals surface area contributed by atoms with Crippen LogP contribution in [0.15, 0.2) is 18.2 Å². The Balaban J connectivity index is 1.97. The first-order chi connectivity index (χ1) is 7.16. The second-order valence-corrected chi connectivity index (χ2v) is 4.97. The summed E-state index contributed by atoms with van der Waals surface area (Å²) in [5.74, 6) is 0.989. The number of aryl methyl sites for hydroxylation is 2. The van der Waals surface area contributed by atoms with Gasteiger partial charge in [0.15, 0.2) is 0 Å². The van der Waals surface area contributed by atoms with Gasteiger partial charge in [0, 0.05) is 6.04 Å². The van der Waals surface area contributed by atoms with E-state index in [1.807, 2.05) is 0 Å². The average Bonchev–Trinajstić information content (AvgIpc) is 3.02. The molecule has 0 aromatic heterocycles. The number of hydrogen-bond acceptors (Lipinski definition) is 1. The third kappa shape index (κ3) is 2.82. The molecule has 1 fully saturated rings. The lowest BCUT2D eigenvalue weighted by molar-refractivity contribution is 0.575. The molecule has 2 rings (SSSR count). The van der Waals surface area contributed by atoms with Crippen molar-refractivity contribution in [1.29, 1.82) is 0 Å². The molecule has 1 aromatic carbocycles. The predicted octanol–water partition coefficient (Wildman–Crippen LogP) is 3.49. The fourth-order valence-corrected chi connectivity index (χ4v) is 1.98. The zero-order valence-corrected chi connectivity index (χ0v) is 9.79. The van der Waals surface area contributed by atoms with E-state index in [1.54, 1.807) is 0 Å². The molecule has 0 radical (unpaired) electrons. The molecule has 0 aliphatic heterocycles. The normalized spacial score (nSPS) is 17.8. The van der Waals surface area contributed by atoms with Gasteiger partial charge in [0.25, 0.3) is 0 Å². The molecular weight excluding hydrogens is 182 g/mol. The third-order valence-electron chi connectivity index (χ3n) is 3.54. The largest absolute Gasteiger partial charge is 0.324 e. The summed E-state index contributed by atoms with van der Waals surface area (Å²) in [6.45, 7) is 4.31. The van der Waals surface area contributed by atoms with E-state index in [4.69, 9.17) is 5.73 Å². The Kier molecular flexibility index (Phi) is 3.11. The van der Waals surface area contributed by atoms with Crippen molar-refractivity contribution in [2.45, 2.75) is 45.6 Å². The first kappa shape index (κ1) is 10.7. The Bertz CT molecular complexity index is 339. The molecule has 0 saturated heterocycles. The summed E-state index contributed by atoms with van der Waals surface area (Å²) in [5, 5.41) is 0. The lowest BCUT2D eigenvalue weighted by Crippen LogP contribution is -2.10. The lowest BCUT2D eigenvalue weighted by Gasteiger charge is -2.13. The van der Waals surface area contributed by atoms with Crippen LogP contribution in [0.1, 0.15) is 48.4 Å². The summed E-state index contributed by atoms with van der Waals surface area (Å²) in [7, 11) is 0. The van der Waals surface area contributed by atoms with Gasteiger partial charge in [-0.3, -0.25) is 0 Å². The first-order valence-electron chi connectivity index (χ1n) is 5.99. The molecule has 1 aliphatic rings. The number of benzene rings is 1. The van der Waals surface area contributed by atoms with Crippen LogP contribution in [-0.2, 0) is 0 Å². The average molecular weight is 203 g/mol. The molecule has 1 heteroatoms. The standard InChI is InChI=1S/C14H21N/c1-10-3-7-13(9-11(10)2)14(15)8-6-12-4-5-12/h3,7,9,12,14H,4-6,8,15H2,1-2H3. The highest BCUT2D eigenvalue weighted by molar-refractivity contribution is 5.31. The highest BCUT2D eigenvalue weighted by Gasteiger charge is 2.21. The molecule has 1 aromatic rings. The van der Waals surface area contributed by atoms with E-state index in [2.05, 4.69) is 32.0 Å². The van der Waals surface area contributed by atoms with Crippen molar-refractivity contribution in [3.05, 3.63) is 34.9 Å². The van der Waals surface area contributed by atoms with E-state index in [-0.39, 0.29) is 6.04 Å². The molecule has 82 valence electrons. The van der Waals surface area contributed by atoms with E-state index in [0.717, 1.165) is 12.3 Å². The van der Waals surface area contributed by atoms with Gasteiger partial charge in [-0.15, -0.1) is 0 Å². The van der Waals surface area contributed by atoms with E-state index >= 15 is 0 Å². The lowest BCUT2D eigenvalue weighted by atomic mass is 9.98. The molecule has 1 atom stereocenters. The monoisotopic (exact) mass is 203 g/mol. The molecule has 1 unspecified atom stereocenters. The van der Waals surface area contributed by atoms with Crippen molar-refractivity contribution in [2.24, 2.45) is 11.7 Å². The molecule has 1 saturated carbocycles. The van der Waals surface area contributed by atoms with Gasteiger partial charge in [0.1, 0.15) is 0 Å². The summed E-state index contributed by atoms with van der Waals surface area (Å²) in [4.78, 5) is 0. The van der Waals surface area contributed by atoms with Crippen molar-refractivity contribution in [3.63, 3.8) is 0 Å². The molecule has 1 aliphatic carbocycles. The summed E-state index contributed by atoms with van der Waals surface area (Å²) >= 11 is 0. The highest BCUT2D eigenvalue weighted by Crippen LogP contribution is 2.35. The minimum atomic E-state index is 0.241. The summed E-state index contributed by atoms with van der Waals surface area (Å²) in [6, 6.07) is 6.85. The number of hydrogen-bond donors (Lipinski definition) is 1. The van der Waals surface area contributed by atoms with Gasteiger partial charge in [-0.25, -0.2) is 0 Å².